The third kappa shape index (κ3) is 23.1. The Morgan fingerprint density at radius 3 is 1.42 bits per heavy atom. The van der Waals surface area contributed by atoms with Crippen molar-refractivity contribution in [3.8, 4) is 23.7 Å². The standard InChI is InChI=1S/C29H51NO/c1-3-5-7-8-9-10-11-12-13-14-15-16-17-18-19-20-21-22-23-24-25-27-28(29(30)31)26-6-4-2/h28H,3-15,20-27H2,1-2H3,(H2,30,31). The van der Waals surface area contributed by atoms with E-state index < -0.39 is 0 Å². The van der Waals surface area contributed by atoms with Gasteiger partial charge in [0.15, 0.2) is 0 Å². The van der Waals surface area contributed by atoms with Crippen LogP contribution in [0.25, 0.3) is 0 Å². The fourth-order valence-corrected chi connectivity index (χ4v) is 3.93. The second-order valence-corrected chi connectivity index (χ2v) is 9.08. The number of nitrogens with two attached hydrogens (primary N) is 1. The van der Waals surface area contributed by atoms with Gasteiger partial charge in [0, 0.05) is 18.8 Å². The Morgan fingerprint density at radius 1 is 0.581 bits per heavy atom. The van der Waals surface area contributed by atoms with Crippen LogP contribution >= 0.6 is 0 Å². The Morgan fingerprint density at radius 2 is 0.968 bits per heavy atom. The predicted octanol–water partition coefficient (Wildman–Crippen LogP) is 8.33. The lowest BCUT2D eigenvalue weighted by atomic mass is 9.94. The van der Waals surface area contributed by atoms with Crippen molar-refractivity contribution in [2.24, 2.45) is 11.7 Å². The molecule has 1 amide bonds. The van der Waals surface area contributed by atoms with Gasteiger partial charge < -0.3 is 5.73 Å². The molecule has 2 N–H and O–H groups in total. The normalized spacial score (nSPS) is 11.3. The summed E-state index contributed by atoms with van der Waals surface area (Å²) in [6.07, 6.45) is 25.7. The van der Waals surface area contributed by atoms with Crippen molar-refractivity contribution in [2.45, 2.75) is 149 Å². The molecule has 0 fully saturated rings. The average molecular weight is 430 g/mol. The zero-order valence-electron chi connectivity index (χ0n) is 20.9. The van der Waals surface area contributed by atoms with E-state index >= 15 is 0 Å². The van der Waals surface area contributed by atoms with Gasteiger partial charge >= 0.3 is 0 Å². The van der Waals surface area contributed by atoms with E-state index in [4.69, 9.17) is 5.73 Å². The number of rotatable bonds is 21. The zero-order chi connectivity index (χ0) is 22.8. The van der Waals surface area contributed by atoms with Gasteiger partial charge in [0.05, 0.1) is 0 Å². The molecule has 0 heterocycles. The highest BCUT2D eigenvalue weighted by molar-refractivity contribution is 5.76. The van der Waals surface area contributed by atoms with Crippen molar-refractivity contribution < 1.29 is 4.79 Å². The lowest BCUT2D eigenvalue weighted by molar-refractivity contribution is -0.122. The summed E-state index contributed by atoms with van der Waals surface area (Å²) < 4.78 is 0. The second kappa shape index (κ2) is 24.9. The molecule has 0 aromatic rings. The van der Waals surface area contributed by atoms with Crippen LogP contribution in [-0.4, -0.2) is 5.91 Å². The number of amides is 1. The monoisotopic (exact) mass is 429 g/mol. The number of unbranched alkanes of at least 4 members (excludes halogenated alkanes) is 16. The van der Waals surface area contributed by atoms with E-state index in [1.54, 1.807) is 0 Å². The first-order valence-corrected chi connectivity index (χ1v) is 13.5. The van der Waals surface area contributed by atoms with Crippen molar-refractivity contribution in [3.05, 3.63) is 0 Å². The molecule has 0 radical (unpaired) electrons. The highest BCUT2D eigenvalue weighted by Gasteiger charge is 2.13. The first-order valence-electron chi connectivity index (χ1n) is 13.5. The Labute approximate surface area is 194 Å². The van der Waals surface area contributed by atoms with E-state index in [0.29, 0.717) is 0 Å². The van der Waals surface area contributed by atoms with Crippen LogP contribution < -0.4 is 5.73 Å². The number of carbonyl (C=O) groups is 1. The third-order valence-electron chi connectivity index (χ3n) is 6.06. The van der Waals surface area contributed by atoms with Crippen LogP contribution in [0.5, 0.6) is 0 Å². The van der Waals surface area contributed by atoms with Crippen LogP contribution in [0.2, 0.25) is 0 Å². The van der Waals surface area contributed by atoms with E-state index in [-0.39, 0.29) is 11.8 Å². The van der Waals surface area contributed by atoms with E-state index in [9.17, 15) is 4.79 Å². The van der Waals surface area contributed by atoms with Crippen LogP contribution in [0.3, 0.4) is 0 Å². The van der Waals surface area contributed by atoms with Gasteiger partial charge in [-0.25, -0.2) is 0 Å². The molecule has 2 nitrogen and oxygen atoms in total. The Bertz CT molecular complexity index is 516. The summed E-state index contributed by atoms with van der Waals surface area (Å²) in [6, 6.07) is 0. The first kappa shape index (κ1) is 29.6. The first-order chi connectivity index (χ1) is 15.2. The van der Waals surface area contributed by atoms with Crippen LogP contribution in [0.15, 0.2) is 0 Å². The van der Waals surface area contributed by atoms with Crippen LogP contribution in [0, 0.1) is 29.6 Å². The largest absolute Gasteiger partial charge is 0.369 e. The molecule has 0 bridgehead atoms. The quantitative estimate of drug-likeness (QED) is 0.145. The van der Waals surface area contributed by atoms with Crippen LogP contribution in [-0.2, 0) is 4.79 Å². The fourth-order valence-electron chi connectivity index (χ4n) is 3.93. The topological polar surface area (TPSA) is 43.1 Å². The predicted molar refractivity (Wildman–Crippen MR) is 137 cm³/mol. The second-order valence-electron chi connectivity index (χ2n) is 9.08. The van der Waals surface area contributed by atoms with Crippen molar-refractivity contribution in [3.63, 3.8) is 0 Å². The third-order valence-corrected chi connectivity index (χ3v) is 6.06. The van der Waals surface area contributed by atoms with E-state index in [1.807, 2.05) is 0 Å². The van der Waals surface area contributed by atoms with Crippen LogP contribution in [0.4, 0.5) is 0 Å². The molecule has 0 spiro atoms. The molecular weight excluding hydrogens is 378 g/mol. The summed E-state index contributed by atoms with van der Waals surface area (Å²) in [5.74, 6) is 12.4. The molecule has 0 aromatic carbocycles. The van der Waals surface area contributed by atoms with Gasteiger partial charge in [-0.2, -0.15) is 0 Å². The van der Waals surface area contributed by atoms with Crippen LogP contribution in [0.1, 0.15) is 149 Å². The van der Waals surface area contributed by atoms with Gasteiger partial charge in [0.25, 0.3) is 0 Å². The lowest BCUT2D eigenvalue weighted by Gasteiger charge is -2.12. The van der Waals surface area contributed by atoms with Crippen molar-refractivity contribution in [2.75, 3.05) is 0 Å². The van der Waals surface area contributed by atoms with E-state index in [1.165, 1.54) is 83.5 Å². The average Bonchev–Trinajstić information content (AvgIpc) is 2.76. The smallest absolute Gasteiger partial charge is 0.220 e. The zero-order valence-corrected chi connectivity index (χ0v) is 20.9. The van der Waals surface area contributed by atoms with E-state index in [0.717, 1.165) is 51.4 Å². The lowest BCUT2D eigenvalue weighted by Crippen LogP contribution is -2.23. The summed E-state index contributed by atoms with van der Waals surface area (Å²) >= 11 is 0. The molecule has 1 unspecified atom stereocenters. The highest BCUT2D eigenvalue weighted by atomic mass is 16.1. The van der Waals surface area contributed by atoms with Crippen molar-refractivity contribution in [1.82, 2.24) is 0 Å². The highest BCUT2D eigenvalue weighted by Crippen LogP contribution is 2.17. The summed E-state index contributed by atoms with van der Waals surface area (Å²) in [5, 5.41) is 0. The van der Waals surface area contributed by atoms with Crippen molar-refractivity contribution >= 4 is 5.91 Å². The fraction of sp³-hybridized carbons (Fsp3) is 0.828. The molecule has 0 saturated heterocycles. The molecule has 0 saturated carbocycles. The number of hydrogen-bond acceptors (Lipinski definition) is 1. The molecule has 0 aliphatic rings. The molecule has 31 heavy (non-hydrogen) atoms. The van der Waals surface area contributed by atoms with Gasteiger partial charge in [-0.1, -0.05) is 122 Å². The van der Waals surface area contributed by atoms with E-state index in [2.05, 4.69) is 37.5 Å². The SMILES string of the molecule is CCCCCCCCCCCCC#CC#CCCCCCCCC(CCCC)C(N)=O. The van der Waals surface area contributed by atoms with Gasteiger partial charge in [-0.3, -0.25) is 4.79 Å². The minimum atomic E-state index is -0.113. The molecule has 0 aliphatic heterocycles. The Hall–Kier alpha value is -1.41. The maximum Gasteiger partial charge on any atom is 0.220 e. The maximum absolute atomic E-state index is 11.4. The summed E-state index contributed by atoms with van der Waals surface area (Å²) in [7, 11) is 0. The molecule has 0 rings (SSSR count). The Kier molecular flexibility index (Phi) is 23.7. The van der Waals surface area contributed by atoms with Gasteiger partial charge in [-0.15, -0.1) is 0 Å². The van der Waals surface area contributed by atoms with Gasteiger partial charge in [0.1, 0.15) is 0 Å². The summed E-state index contributed by atoms with van der Waals surface area (Å²) in [4.78, 5) is 11.4. The molecule has 2 heteroatoms. The minimum Gasteiger partial charge on any atom is -0.369 e. The number of hydrogen-bond donors (Lipinski definition) is 1. The Balaban J connectivity index is 3.43. The number of primary amides is 1. The summed E-state index contributed by atoms with van der Waals surface area (Å²) in [6.45, 7) is 4.43. The number of carbonyl (C=O) groups excluding carboxylic acids is 1. The van der Waals surface area contributed by atoms with Crippen molar-refractivity contribution in [1.29, 1.82) is 0 Å². The summed E-state index contributed by atoms with van der Waals surface area (Å²) in [5.41, 5.74) is 5.50. The molecular formula is C29H51NO. The van der Waals surface area contributed by atoms with Gasteiger partial charge in [-0.05, 0) is 37.5 Å². The van der Waals surface area contributed by atoms with Gasteiger partial charge in [0.2, 0.25) is 5.91 Å². The molecule has 178 valence electrons. The molecule has 0 aliphatic carbocycles. The minimum absolute atomic E-state index is 0.0877. The molecule has 1 atom stereocenters. The maximum atomic E-state index is 11.4. The molecule has 0 aromatic heterocycles.